The van der Waals surface area contributed by atoms with E-state index >= 15 is 0 Å². The standard InChI is InChI=1S/C11H13BrO2/c1-11(2)6-9(13)8-5-7(12)3-4-10(8)14-11/h3-5,9,13H,6H2,1-2H3/t9-/m0/s1. The smallest absolute Gasteiger partial charge is 0.125 e. The first-order chi connectivity index (χ1) is 6.48. The van der Waals surface area contributed by atoms with Gasteiger partial charge >= 0.3 is 0 Å². The molecule has 1 aliphatic rings. The minimum Gasteiger partial charge on any atom is -0.487 e. The predicted molar refractivity (Wildman–Crippen MR) is 58.4 cm³/mol. The van der Waals surface area contributed by atoms with Crippen LogP contribution in [-0.2, 0) is 0 Å². The molecule has 14 heavy (non-hydrogen) atoms. The summed E-state index contributed by atoms with van der Waals surface area (Å²) in [4.78, 5) is 0. The summed E-state index contributed by atoms with van der Waals surface area (Å²) in [5.74, 6) is 0.789. The van der Waals surface area contributed by atoms with Crippen molar-refractivity contribution in [2.45, 2.75) is 32.0 Å². The molecule has 2 rings (SSSR count). The Balaban J connectivity index is 2.45. The number of hydrogen-bond donors (Lipinski definition) is 1. The van der Waals surface area contributed by atoms with Crippen LogP contribution in [0, 0.1) is 0 Å². The molecule has 0 aromatic heterocycles. The lowest BCUT2D eigenvalue weighted by atomic mass is 9.92. The van der Waals surface area contributed by atoms with Gasteiger partial charge in [-0.15, -0.1) is 0 Å². The van der Waals surface area contributed by atoms with Crippen molar-refractivity contribution in [2.24, 2.45) is 0 Å². The number of fused-ring (bicyclic) bond motifs is 1. The minimum absolute atomic E-state index is 0.278. The first-order valence-corrected chi connectivity index (χ1v) is 5.44. The van der Waals surface area contributed by atoms with Crippen LogP contribution in [0.4, 0.5) is 0 Å². The SMILES string of the molecule is CC1(C)C[C@H](O)c2cc(Br)ccc2O1. The van der Waals surface area contributed by atoms with E-state index in [4.69, 9.17) is 4.74 Å². The van der Waals surface area contributed by atoms with Gasteiger partial charge in [-0.05, 0) is 32.0 Å². The number of ether oxygens (including phenoxy) is 1. The fourth-order valence-corrected chi connectivity index (χ4v) is 2.17. The first-order valence-electron chi connectivity index (χ1n) is 4.64. The Morgan fingerprint density at radius 3 is 2.93 bits per heavy atom. The molecule has 0 bridgehead atoms. The molecule has 1 aromatic rings. The molecular formula is C11H13BrO2. The van der Waals surface area contributed by atoms with Crippen molar-refractivity contribution in [3.63, 3.8) is 0 Å². The molecule has 1 N–H and O–H groups in total. The van der Waals surface area contributed by atoms with Gasteiger partial charge in [-0.25, -0.2) is 0 Å². The van der Waals surface area contributed by atoms with Crippen LogP contribution in [0.15, 0.2) is 22.7 Å². The van der Waals surface area contributed by atoms with Crippen molar-refractivity contribution < 1.29 is 9.84 Å². The average molecular weight is 257 g/mol. The Morgan fingerprint density at radius 1 is 1.50 bits per heavy atom. The van der Waals surface area contributed by atoms with E-state index < -0.39 is 6.10 Å². The molecule has 0 saturated carbocycles. The third-order valence-corrected chi connectivity index (χ3v) is 2.90. The molecule has 1 aromatic carbocycles. The molecule has 2 nitrogen and oxygen atoms in total. The van der Waals surface area contributed by atoms with Gasteiger partial charge in [0.1, 0.15) is 11.4 Å². The van der Waals surface area contributed by atoms with Crippen LogP contribution in [0.25, 0.3) is 0 Å². The van der Waals surface area contributed by atoms with Crippen molar-refractivity contribution in [1.29, 1.82) is 0 Å². The third-order valence-electron chi connectivity index (χ3n) is 2.40. The zero-order chi connectivity index (χ0) is 10.3. The lowest BCUT2D eigenvalue weighted by molar-refractivity contribution is 0.0115. The first kappa shape index (κ1) is 9.99. The van der Waals surface area contributed by atoms with Crippen molar-refractivity contribution in [3.05, 3.63) is 28.2 Å². The van der Waals surface area contributed by atoms with E-state index in [2.05, 4.69) is 15.9 Å². The maximum Gasteiger partial charge on any atom is 0.125 e. The number of aliphatic hydroxyl groups excluding tert-OH is 1. The second kappa shape index (κ2) is 3.24. The highest BCUT2D eigenvalue weighted by Crippen LogP contribution is 2.40. The second-order valence-electron chi connectivity index (χ2n) is 4.26. The van der Waals surface area contributed by atoms with Crippen molar-refractivity contribution >= 4 is 15.9 Å². The van der Waals surface area contributed by atoms with Gasteiger partial charge < -0.3 is 9.84 Å². The highest BCUT2D eigenvalue weighted by molar-refractivity contribution is 9.10. The number of hydrogen-bond acceptors (Lipinski definition) is 2. The van der Waals surface area contributed by atoms with Gasteiger partial charge in [0.15, 0.2) is 0 Å². The summed E-state index contributed by atoms with van der Waals surface area (Å²) >= 11 is 3.38. The van der Waals surface area contributed by atoms with E-state index in [1.807, 2.05) is 32.0 Å². The summed E-state index contributed by atoms with van der Waals surface area (Å²) in [6.45, 7) is 3.97. The monoisotopic (exact) mass is 256 g/mol. The maximum absolute atomic E-state index is 9.92. The Morgan fingerprint density at radius 2 is 2.21 bits per heavy atom. The largest absolute Gasteiger partial charge is 0.487 e. The molecule has 0 fully saturated rings. The zero-order valence-electron chi connectivity index (χ0n) is 8.25. The molecule has 76 valence electrons. The van der Waals surface area contributed by atoms with Crippen LogP contribution in [0.1, 0.15) is 31.9 Å². The molecule has 1 heterocycles. The number of aliphatic hydroxyl groups is 1. The van der Waals surface area contributed by atoms with Crippen molar-refractivity contribution in [2.75, 3.05) is 0 Å². The zero-order valence-corrected chi connectivity index (χ0v) is 9.84. The summed E-state index contributed by atoms with van der Waals surface area (Å²) in [6.07, 6.45) is 0.211. The van der Waals surface area contributed by atoms with Gasteiger partial charge in [-0.2, -0.15) is 0 Å². The molecule has 1 atom stereocenters. The number of halogens is 1. The quantitative estimate of drug-likeness (QED) is 0.774. The van der Waals surface area contributed by atoms with E-state index in [9.17, 15) is 5.11 Å². The lowest BCUT2D eigenvalue weighted by Crippen LogP contribution is -2.34. The molecule has 0 amide bonds. The summed E-state index contributed by atoms with van der Waals surface area (Å²) in [7, 11) is 0. The minimum atomic E-state index is -0.425. The van der Waals surface area contributed by atoms with Gasteiger partial charge in [-0.1, -0.05) is 15.9 Å². The normalized spacial score (nSPS) is 23.9. The second-order valence-corrected chi connectivity index (χ2v) is 5.18. The molecule has 0 aliphatic carbocycles. The topological polar surface area (TPSA) is 29.5 Å². The van der Waals surface area contributed by atoms with E-state index in [1.165, 1.54) is 0 Å². The van der Waals surface area contributed by atoms with Gasteiger partial charge in [-0.3, -0.25) is 0 Å². The molecule has 0 spiro atoms. The van der Waals surface area contributed by atoms with Crippen LogP contribution in [0.2, 0.25) is 0 Å². The molecule has 3 heteroatoms. The Hall–Kier alpha value is -0.540. The van der Waals surface area contributed by atoms with E-state index in [0.29, 0.717) is 6.42 Å². The number of rotatable bonds is 0. The summed E-state index contributed by atoms with van der Waals surface area (Å²) in [5.41, 5.74) is 0.596. The van der Waals surface area contributed by atoms with Crippen LogP contribution >= 0.6 is 15.9 Å². The van der Waals surface area contributed by atoms with Crippen LogP contribution in [0.5, 0.6) is 5.75 Å². The van der Waals surface area contributed by atoms with Crippen LogP contribution < -0.4 is 4.74 Å². The van der Waals surface area contributed by atoms with E-state index in [-0.39, 0.29) is 5.60 Å². The van der Waals surface area contributed by atoms with Crippen molar-refractivity contribution in [1.82, 2.24) is 0 Å². The fourth-order valence-electron chi connectivity index (χ4n) is 1.79. The Kier molecular flexibility index (Phi) is 2.32. The molecule has 0 radical (unpaired) electrons. The Labute approximate surface area is 92.0 Å². The Bertz CT molecular complexity index is 360. The maximum atomic E-state index is 9.92. The summed E-state index contributed by atoms with van der Waals surface area (Å²) in [5, 5.41) is 9.92. The molecule has 1 aliphatic heterocycles. The van der Waals surface area contributed by atoms with Crippen LogP contribution in [0.3, 0.4) is 0 Å². The fraction of sp³-hybridized carbons (Fsp3) is 0.455. The van der Waals surface area contributed by atoms with Gasteiger partial charge in [0, 0.05) is 16.5 Å². The number of benzene rings is 1. The highest BCUT2D eigenvalue weighted by atomic mass is 79.9. The lowest BCUT2D eigenvalue weighted by Gasteiger charge is -2.35. The summed E-state index contributed by atoms with van der Waals surface area (Å²) < 4.78 is 6.73. The highest BCUT2D eigenvalue weighted by Gasteiger charge is 2.32. The van der Waals surface area contributed by atoms with E-state index in [1.54, 1.807) is 0 Å². The van der Waals surface area contributed by atoms with Crippen molar-refractivity contribution in [3.8, 4) is 5.75 Å². The molecular weight excluding hydrogens is 244 g/mol. The predicted octanol–water partition coefficient (Wildman–Crippen LogP) is 3.04. The summed E-state index contributed by atoms with van der Waals surface area (Å²) in [6, 6.07) is 5.73. The van der Waals surface area contributed by atoms with Gasteiger partial charge in [0.25, 0.3) is 0 Å². The third kappa shape index (κ3) is 1.79. The van der Waals surface area contributed by atoms with Crippen LogP contribution in [-0.4, -0.2) is 10.7 Å². The average Bonchev–Trinajstić information content (AvgIpc) is 2.05. The van der Waals surface area contributed by atoms with Gasteiger partial charge in [0.05, 0.1) is 6.10 Å². The molecule has 0 saturated heterocycles. The van der Waals surface area contributed by atoms with E-state index in [0.717, 1.165) is 15.8 Å². The molecule has 0 unspecified atom stereocenters. The van der Waals surface area contributed by atoms with Gasteiger partial charge in [0.2, 0.25) is 0 Å².